The van der Waals surface area contributed by atoms with Gasteiger partial charge in [0.05, 0.1) is 5.56 Å². The lowest BCUT2D eigenvalue weighted by Gasteiger charge is -2.15. The summed E-state index contributed by atoms with van der Waals surface area (Å²) in [6.45, 7) is 5.43. The molecule has 6 nitrogen and oxygen atoms in total. The standard InChI is InChI=1S/C22H23N3O3/c1-15-14-20(16(2)25(15)18-10-6-4-7-11-18)22(27)24-23-21(26)17(3)28-19-12-8-5-9-13-19/h4-14,17H,1-3H3,(H,23,26)(H,24,27). The van der Waals surface area contributed by atoms with Crippen LogP contribution in [0.2, 0.25) is 0 Å². The van der Waals surface area contributed by atoms with E-state index < -0.39 is 12.0 Å². The number of aromatic nitrogens is 1. The Morgan fingerprint density at radius 2 is 1.54 bits per heavy atom. The van der Waals surface area contributed by atoms with Gasteiger partial charge >= 0.3 is 0 Å². The number of benzene rings is 2. The van der Waals surface area contributed by atoms with Crippen LogP contribution in [0.4, 0.5) is 0 Å². The Morgan fingerprint density at radius 1 is 0.929 bits per heavy atom. The van der Waals surface area contributed by atoms with E-state index in [-0.39, 0.29) is 5.91 Å². The van der Waals surface area contributed by atoms with Crippen molar-refractivity contribution in [3.05, 3.63) is 83.7 Å². The minimum absolute atomic E-state index is 0.379. The number of rotatable bonds is 5. The smallest absolute Gasteiger partial charge is 0.279 e. The monoisotopic (exact) mass is 377 g/mol. The van der Waals surface area contributed by atoms with Crippen LogP contribution in [0.15, 0.2) is 66.7 Å². The summed E-state index contributed by atoms with van der Waals surface area (Å²) >= 11 is 0. The Bertz CT molecular complexity index is 965. The first-order chi connectivity index (χ1) is 13.5. The van der Waals surface area contributed by atoms with E-state index >= 15 is 0 Å². The summed E-state index contributed by atoms with van der Waals surface area (Å²) in [5.74, 6) is -0.229. The molecule has 0 saturated heterocycles. The van der Waals surface area contributed by atoms with Crippen molar-refractivity contribution >= 4 is 11.8 Å². The fourth-order valence-electron chi connectivity index (χ4n) is 3.01. The van der Waals surface area contributed by atoms with Crippen molar-refractivity contribution in [3.8, 4) is 11.4 Å². The zero-order chi connectivity index (χ0) is 20.1. The molecule has 0 spiro atoms. The molecule has 0 aliphatic rings. The van der Waals surface area contributed by atoms with Crippen molar-refractivity contribution < 1.29 is 14.3 Å². The molecule has 0 aliphatic heterocycles. The van der Waals surface area contributed by atoms with Gasteiger partial charge in [-0.05, 0) is 51.1 Å². The second-order valence-electron chi connectivity index (χ2n) is 6.47. The van der Waals surface area contributed by atoms with Gasteiger partial charge < -0.3 is 9.30 Å². The maximum absolute atomic E-state index is 12.6. The highest BCUT2D eigenvalue weighted by Crippen LogP contribution is 2.20. The molecule has 2 amide bonds. The van der Waals surface area contributed by atoms with Crippen LogP contribution in [0.25, 0.3) is 5.69 Å². The Hall–Kier alpha value is -3.54. The van der Waals surface area contributed by atoms with Gasteiger partial charge in [-0.2, -0.15) is 0 Å². The highest BCUT2D eigenvalue weighted by atomic mass is 16.5. The van der Waals surface area contributed by atoms with Gasteiger partial charge in [0.25, 0.3) is 11.8 Å². The molecular weight excluding hydrogens is 354 g/mol. The number of hydrogen-bond donors (Lipinski definition) is 2. The van der Waals surface area contributed by atoms with Crippen molar-refractivity contribution in [1.82, 2.24) is 15.4 Å². The highest BCUT2D eigenvalue weighted by molar-refractivity contribution is 5.97. The maximum Gasteiger partial charge on any atom is 0.279 e. The second kappa shape index (κ2) is 8.43. The average molecular weight is 377 g/mol. The minimum Gasteiger partial charge on any atom is -0.481 e. The summed E-state index contributed by atoms with van der Waals surface area (Å²) in [7, 11) is 0. The lowest BCUT2D eigenvalue weighted by Crippen LogP contribution is -2.47. The van der Waals surface area contributed by atoms with Crippen molar-refractivity contribution in [1.29, 1.82) is 0 Å². The number of amides is 2. The Labute approximate surface area is 164 Å². The largest absolute Gasteiger partial charge is 0.481 e. The normalized spacial score (nSPS) is 11.5. The van der Waals surface area contributed by atoms with Crippen LogP contribution in [-0.4, -0.2) is 22.5 Å². The second-order valence-corrected chi connectivity index (χ2v) is 6.47. The summed E-state index contributed by atoms with van der Waals surface area (Å²) in [4.78, 5) is 24.8. The molecule has 144 valence electrons. The first kappa shape index (κ1) is 19.2. The number of hydrazine groups is 1. The Kier molecular flexibility index (Phi) is 5.79. The van der Waals surface area contributed by atoms with Crippen molar-refractivity contribution in [3.63, 3.8) is 0 Å². The highest BCUT2D eigenvalue weighted by Gasteiger charge is 2.19. The summed E-state index contributed by atoms with van der Waals surface area (Å²) in [5, 5.41) is 0. The Balaban J connectivity index is 1.64. The van der Waals surface area contributed by atoms with Crippen LogP contribution in [-0.2, 0) is 4.79 Å². The number of hydrogen-bond acceptors (Lipinski definition) is 3. The van der Waals surface area contributed by atoms with Crippen LogP contribution in [0.3, 0.4) is 0 Å². The van der Waals surface area contributed by atoms with Crippen LogP contribution in [0, 0.1) is 13.8 Å². The van der Waals surface area contributed by atoms with Crippen molar-refractivity contribution in [2.24, 2.45) is 0 Å². The molecule has 6 heteroatoms. The summed E-state index contributed by atoms with van der Waals surface area (Å²) in [5.41, 5.74) is 8.09. The number of aryl methyl sites for hydroxylation is 1. The Morgan fingerprint density at radius 3 is 2.18 bits per heavy atom. The number of carbonyl (C=O) groups excluding carboxylic acids is 2. The first-order valence-corrected chi connectivity index (χ1v) is 9.03. The fourth-order valence-corrected chi connectivity index (χ4v) is 3.01. The van der Waals surface area contributed by atoms with Gasteiger partial charge in [0, 0.05) is 17.1 Å². The summed E-state index contributed by atoms with van der Waals surface area (Å²) in [6.07, 6.45) is -0.751. The summed E-state index contributed by atoms with van der Waals surface area (Å²) in [6, 6.07) is 20.6. The van der Waals surface area contributed by atoms with E-state index in [0.29, 0.717) is 11.3 Å². The van der Waals surface area contributed by atoms with Gasteiger partial charge in [0.2, 0.25) is 0 Å². The van der Waals surface area contributed by atoms with Crippen LogP contribution in [0.5, 0.6) is 5.75 Å². The van der Waals surface area contributed by atoms with E-state index in [1.165, 1.54) is 0 Å². The van der Waals surface area contributed by atoms with E-state index in [1.807, 2.05) is 66.9 Å². The first-order valence-electron chi connectivity index (χ1n) is 9.03. The molecule has 1 unspecified atom stereocenters. The number of ether oxygens (including phenoxy) is 1. The van der Waals surface area contributed by atoms with Crippen molar-refractivity contribution in [2.45, 2.75) is 26.9 Å². The van der Waals surface area contributed by atoms with E-state index in [2.05, 4.69) is 10.9 Å². The average Bonchev–Trinajstić information content (AvgIpc) is 3.01. The zero-order valence-corrected chi connectivity index (χ0v) is 16.1. The van der Waals surface area contributed by atoms with E-state index in [0.717, 1.165) is 17.1 Å². The molecule has 3 aromatic rings. The van der Waals surface area contributed by atoms with Gasteiger partial charge in [-0.25, -0.2) is 0 Å². The van der Waals surface area contributed by atoms with E-state index in [1.54, 1.807) is 25.1 Å². The van der Waals surface area contributed by atoms with Gasteiger partial charge in [-0.3, -0.25) is 20.4 Å². The molecule has 1 aromatic heterocycles. The molecule has 0 aliphatic carbocycles. The predicted molar refractivity (Wildman–Crippen MR) is 107 cm³/mol. The quantitative estimate of drug-likeness (QED) is 0.670. The third kappa shape index (κ3) is 4.23. The number of para-hydroxylation sites is 2. The fraction of sp³-hybridized carbons (Fsp3) is 0.182. The SMILES string of the molecule is Cc1cc(C(=O)NNC(=O)C(C)Oc2ccccc2)c(C)n1-c1ccccc1. The third-order valence-corrected chi connectivity index (χ3v) is 4.41. The number of carbonyl (C=O) groups is 2. The molecule has 28 heavy (non-hydrogen) atoms. The molecule has 0 radical (unpaired) electrons. The minimum atomic E-state index is -0.751. The van der Waals surface area contributed by atoms with Crippen molar-refractivity contribution in [2.75, 3.05) is 0 Å². The molecule has 3 rings (SSSR count). The lowest BCUT2D eigenvalue weighted by atomic mass is 10.2. The molecule has 1 atom stereocenters. The number of nitrogens with zero attached hydrogens (tertiary/aromatic N) is 1. The topological polar surface area (TPSA) is 72.4 Å². The zero-order valence-electron chi connectivity index (χ0n) is 16.1. The van der Waals surface area contributed by atoms with Gasteiger partial charge in [0.15, 0.2) is 6.10 Å². The van der Waals surface area contributed by atoms with E-state index in [9.17, 15) is 9.59 Å². The van der Waals surface area contributed by atoms with Gasteiger partial charge in [-0.1, -0.05) is 36.4 Å². The van der Waals surface area contributed by atoms with Crippen LogP contribution in [0.1, 0.15) is 28.7 Å². The summed E-state index contributed by atoms with van der Waals surface area (Å²) < 4.78 is 7.55. The third-order valence-electron chi connectivity index (χ3n) is 4.41. The predicted octanol–water partition coefficient (Wildman–Crippen LogP) is 3.32. The number of nitrogens with one attached hydrogen (secondary N) is 2. The molecule has 0 saturated carbocycles. The molecule has 2 N–H and O–H groups in total. The molecule has 0 bridgehead atoms. The molecular formula is C22H23N3O3. The molecule has 1 heterocycles. The maximum atomic E-state index is 12.6. The van der Waals surface area contributed by atoms with Crippen LogP contribution < -0.4 is 15.6 Å². The van der Waals surface area contributed by atoms with E-state index in [4.69, 9.17) is 4.74 Å². The van der Waals surface area contributed by atoms with Gasteiger partial charge in [-0.15, -0.1) is 0 Å². The van der Waals surface area contributed by atoms with Crippen LogP contribution >= 0.6 is 0 Å². The molecule has 2 aromatic carbocycles. The lowest BCUT2D eigenvalue weighted by molar-refractivity contribution is -0.128. The molecule has 0 fully saturated rings. The van der Waals surface area contributed by atoms with Gasteiger partial charge in [0.1, 0.15) is 5.75 Å².